The van der Waals surface area contributed by atoms with Crippen molar-refractivity contribution in [3.63, 3.8) is 0 Å². The lowest BCUT2D eigenvalue weighted by atomic mass is 10.2. The van der Waals surface area contributed by atoms with Crippen LogP contribution in [0.3, 0.4) is 0 Å². The molecule has 0 aromatic heterocycles. The topological polar surface area (TPSA) is 85.9 Å². The summed E-state index contributed by atoms with van der Waals surface area (Å²) < 4.78 is 18.2. The van der Waals surface area contributed by atoms with Gasteiger partial charge >= 0.3 is 0 Å². The lowest BCUT2D eigenvalue weighted by Crippen LogP contribution is -2.43. The van der Waals surface area contributed by atoms with Gasteiger partial charge in [0.1, 0.15) is 30.5 Å². The fourth-order valence-corrected chi connectivity index (χ4v) is 3.67. The first-order chi connectivity index (χ1) is 15.5. The number of amides is 2. The highest BCUT2D eigenvalue weighted by molar-refractivity contribution is 9.11. The van der Waals surface area contributed by atoms with Gasteiger partial charge in [0.05, 0.1) is 4.47 Å². The van der Waals surface area contributed by atoms with Gasteiger partial charge in [0, 0.05) is 10.0 Å². The van der Waals surface area contributed by atoms with Gasteiger partial charge in [-0.3, -0.25) is 20.4 Å². The number of ether oxygens (including phenoxy) is 3. The summed E-state index contributed by atoms with van der Waals surface area (Å²) >= 11 is 6.69. The van der Waals surface area contributed by atoms with E-state index < -0.39 is 11.8 Å². The van der Waals surface area contributed by atoms with Gasteiger partial charge in [-0.15, -0.1) is 0 Å². The smallest absolute Gasteiger partial charge is 0.276 e. The number of para-hydroxylation sites is 1. The van der Waals surface area contributed by atoms with Gasteiger partial charge in [-0.05, 0) is 70.5 Å². The molecule has 0 heterocycles. The Morgan fingerprint density at radius 2 is 1.41 bits per heavy atom. The molecule has 3 aromatic carbocycles. The van der Waals surface area contributed by atoms with Crippen molar-refractivity contribution in [2.24, 2.45) is 0 Å². The van der Waals surface area contributed by atoms with E-state index in [2.05, 4.69) is 42.7 Å². The van der Waals surface area contributed by atoms with Crippen molar-refractivity contribution < 1.29 is 23.8 Å². The zero-order valence-electron chi connectivity index (χ0n) is 16.8. The highest BCUT2D eigenvalue weighted by atomic mass is 79.9. The highest BCUT2D eigenvalue weighted by Gasteiger charge is 2.09. The van der Waals surface area contributed by atoms with E-state index in [4.69, 9.17) is 14.2 Å². The summed E-state index contributed by atoms with van der Waals surface area (Å²) in [5.74, 6) is 0.948. The molecule has 7 nitrogen and oxygen atoms in total. The zero-order chi connectivity index (χ0) is 22.8. The Hall–Kier alpha value is -3.04. The van der Waals surface area contributed by atoms with Crippen molar-refractivity contribution >= 4 is 43.7 Å². The molecule has 0 radical (unpaired) electrons. The molecule has 0 aliphatic heterocycles. The van der Waals surface area contributed by atoms with E-state index >= 15 is 0 Å². The molecular formula is C23H20Br2N2O5. The number of hydrazine groups is 1. The number of hydrogen-bond donors (Lipinski definition) is 2. The van der Waals surface area contributed by atoms with E-state index in [0.717, 1.165) is 10.2 Å². The number of nitrogens with one attached hydrogen (secondary N) is 2. The number of carbonyl (C=O) groups is 2. The third-order valence-electron chi connectivity index (χ3n) is 4.05. The minimum absolute atomic E-state index is 0.252. The average Bonchev–Trinajstić information content (AvgIpc) is 2.81. The number of carbonyl (C=O) groups excluding carboxylic acids is 2. The van der Waals surface area contributed by atoms with Gasteiger partial charge in [0.2, 0.25) is 0 Å². The molecule has 0 atom stereocenters. The van der Waals surface area contributed by atoms with E-state index in [1.807, 2.05) is 30.3 Å². The summed E-state index contributed by atoms with van der Waals surface area (Å²) in [6.45, 7) is 0.514. The maximum atomic E-state index is 12.2. The van der Waals surface area contributed by atoms with Crippen LogP contribution < -0.4 is 25.1 Å². The molecule has 2 amide bonds. The maximum absolute atomic E-state index is 12.2. The molecule has 32 heavy (non-hydrogen) atoms. The van der Waals surface area contributed by atoms with Gasteiger partial charge < -0.3 is 14.2 Å². The van der Waals surface area contributed by atoms with Crippen molar-refractivity contribution in [3.8, 4) is 17.2 Å². The minimum Gasteiger partial charge on any atom is -0.490 e. The van der Waals surface area contributed by atoms with Crippen LogP contribution in [0.2, 0.25) is 0 Å². The molecule has 3 rings (SSSR count). The molecule has 2 N–H and O–H groups in total. The second-order valence-electron chi connectivity index (χ2n) is 6.40. The summed E-state index contributed by atoms with van der Waals surface area (Å²) in [5.41, 5.74) is 5.04. The molecule has 0 aliphatic rings. The number of benzene rings is 3. The molecule has 9 heteroatoms. The van der Waals surface area contributed by atoms with E-state index in [1.54, 1.807) is 42.5 Å². The van der Waals surface area contributed by atoms with Gasteiger partial charge in [0.25, 0.3) is 11.8 Å². The third-order valence-corrected chi connectivity index (χ3v) is 5.16. The highest BCUT2D eigenvalue weighted by Crippen LogP contribution is 2.28. The van der Waals surface area contributed by atoms with Gasteiger partial charge in [-0.1, -0.05) is 34.1 Å². The first kappa shape index (κ1) is 23.6. The van der Waals surface area contributed by atoms with Crippen LogP contribution in [-0.4, -0.2) is 31.6 Å². The lowest BCUT2D eigenvalue weighted by Gasteiger charge is -2.11. The lowest BCUT2D eigenvalue weighted by molar-refractivity contribution is -0.123. The van der Waals surface area contributed by atoms with Crippen molar-refractivity contribution in [3.05, 3.63) is 87.3 Å². The van der Waals surface area contributed by atoms with E-state index in [0.29, 0.717) is 34.7 Å². The largest absolute Gasteiger partial charge is 0.490 e. The quantitative estimate of drug-likeness (QED) is 0.295. The van der Waals surface area contributed by atoms with Crippen molar-refractivity contribution in [1.82, 2.24) is 10.9 Å². The van der Waals surface area contributed by atoms with E-state index in [9.17, 15) is 9.59 Å². The first-order valence-electron chi connectivity index (χ1n) is 9.59. The monoisotopic (exact) mass is 562 g/mol. The van der Waals surface area contributed by atoms with Crippen LogP contribution in [-0.2, 0) is 4.79 Å². The number of hydrogen-bond acceptors (Lipinski definition) is 5. The molecule has 166 valence electrons. The summed E-state index contributed by atoms with van der Waals surface area (Å²) in [7, 11) is 0. The Morgan fingerprint density at radius 3 is 2.06 bits per heavy atom. The molecule has 0 unspecified atom stereocenters. The van der Waals surface area contributed by atoms with Gasteiger partial charge in [-0.25, -0.2) is 0 Å². The van der Waals surface area contributed by atoms with E-state index in [-0.39, 0.29) is 6.61 Å². The number of rotatable bonds is 9. The Bertz CT molecular complexity index is 1050. The van der Waals surface area contributed by atoms with Crippen LogP contribution in [0, 0.1) is 0 Å². The molecule has 0 saturated carbocycles. The van der Waals surface area contributed by atoms with Crippen LogP contribution >= 0.6 is 31.9 Å². The van der Waals surface area contributed by atoms with Crippen LogP contribution in [0.5, 0.6) is 17.2 Å². The molecule has 0 bridgehead atoms. The van der Waals surface area contributed by atoms with Crippen LogP contribution in [0.15, 0.2) is 81.7 Å². The second kappa shape index (κ2) is 12.1. The maximum Gasteiger partial charge on any atom is 0.276 e. The Kier molecular flexibility index (Phi) is 8.94. The molecule has 0 fully saturated rings. The second-order valence-corrected chi connectivity index (χ2v) is 8.17. The standard InChI is InChI=1S/C23H20Br2N2O5/c24-17-8-11-21(20(25)14-17)32-15-22(28)26-27-23(29)16-6-9-19(10-7-16)31-13-12-30-18-4-2-1-3-5-18/h1-11,14H,12-13,15H2,(H,26,28)(H,27,29). The summed E-state index contributed by atoms with van der Waals surface area (Å²) in [6, 6.07) is 21.3. The fraction of sp³-hybridized carbons (Fsp3) is 0.130. The molecule has 0 aliphatic carbocycles. The summed E-state index contributed by atoms with van der Waals surface area (Å²) in [4.78, 5) is 24.1. The molecule has 0 saturated heterocycles. The Balaban J connectivity index is 1.37. The van der Waals surface area contributed by atoms with Crippen LogP contribution in [0.25, 0.3) is 0 Å². The zero-order valence-corrected chi connectivity index (χ0v) is 20.0. The Labute approximate surface area is 202 Å². The third kappa shape index (κ3) is 7.58. The first-order valence-corrected chi connectivity index (χ1v) is 11.2. The normalized spacial score (nSPS) is 10.2. The van der Waals surface area contributed by atoms with Gasteiger partial charge in [0.15, 0.2) is 6.61 Å². The predicted octanol–water partition coefficient (Wildman–Crippen LogP) is 4.51. The van der Waals surface area contributed by atoms with E-state index in [1.165, 1.54) is 0 Å². The van der Waals surface area contributed by atoms with Gasteiger partial charge in [-0.2, -0.15) is 0 Å². The van der Waals surface area contributed by atoms with Crippen molar-refractivity contribution in [2.45, 2.75) is 0 Å². The van der Waals surface area contributed by atoms with Crippen LogP contribution in [0.1, 0.15) is 10.4 Å². The number of halogens is 2. The molecule has 3 aromatic rings. The van der Waals surface area contributed by atoms with Crippen molar-refractivity contribution in [1.29, 1.82) is 0 Å². The summed E-state index contributed by atoms with van der Waals surface area (Å²) in [5, 5.41) is 0. The minimum atomic E-state index is -0.494. The Morgan fingerprint density at radius 1 is 0.750 bits per heavy atom. The SMILES string of the molecule is O=C(COc1ccc(Br)cc1Br)NNC(=O)c1ccc(OCCOc2ccccc2)cc1. The van der Waals surface area contributed by atoms with Crippen molar-refractivity contribution in [2.75, 3.05) is 19.8 Å². The average molecular weight is 564 g/mol. The molecular weight excluding hydrogens is 544 g/mol. The van der Waals surface area contributed by atoms with Crippen LogP contribution in [0.4, 0.5) is 0 Å². The summed E-state index contributed by atoms with van der Waals surface area (Å²) in [6.07, 6.45) is 0. The predicted molar refractivity (Wildman–Crippen MR) is 127 cm³/mol. The fourth-order valence-electron chi connectivity index (χ4n) is 2.51. The molecule has 0 spiro atoms.